The van der Waals surface area contributed by atoms with Gasteiger partial charge in [0.1, 0.15) is 39.5 Å². The minimum absolute atomic E-state index is 0.0116. The Kier molecular flexibility index (Phi) is 10.1. The Morgan fingerprint density at radius 2 is 1.04 bits per heavy atom. The number of benzene rings is 2. The lowest BCUT2D eigenvalue weighted by atomic mass is 9.44. The van der Waals surface area contributed by atoms with Crippen LogP contribution in [-0.4, -0.2) is 50.3 Å². The summed E-state index contributed by atoms with van der Waals surface area (Å²) < 4.78 is 0. The lowest BCUT2D eigenvalue weighted by Crippen LogP contribution is -2.56. The van der Waals surface area contributed by atoms with Crippen molar-refractivity contribution >= 4 is 11.6 Å². The quantitative estimate of drug-likeness (QED) is 0.102. The molecule has 50 heavy (non-hydrogen) atoms. The van der Waals surface area contributed by atoms with Crippen LogP contribution >= 0.6 is 0 Å². The Balaban J connectivity index is 0.890. The number of hydrogen-bond acceptors (Lipinski definition) is 9. The molecule has 0 spiro atoms. The number of ketones is 2. The van der Waals surface area contributed by atoms with Gasteiger partial charge in [0.15, 0.2) is 13.2 Å². The molecule has 2 aromatic rings. The van der Waals surface area contributed by atoms with Crippen LogP contribution in [-0.2, 0) is 32.1 Å². The largest absolute Gasteiger partial charge is 0.508 e. The van der Waals surface area contributed by atoms with Gasteiger partial charge in [-0.3, -0.25) is 9.59 Å². The summed E-state index contributed by atoms with van der Waals surface area (Å²) in [5.41, 5.74) is 3.18. The van der Waals surface area contributed by atoms with Crippen molar-refractivity contribution in [2.45, 2.75) is 117 Å². The van der Waals surface area contributed by atoms with Gasteiger partial charge in [-0.15, -0.1) is 0 Å². The number of nitrogens with zero attached hydrogens (tertiary/aromatic N) is 1. The van der Waals surface area contributed by atoms with E-state index in [-0.39, 0.29) is 87.4 Å². The van der Waals surface area contributed by atoms with E-state index in [4.69, 9.17) is 9.68 Å². The van der Waals surface area contributed by atoms with Crippen molar-refractivity contribution in [1.29, 1.82) is 0 Å². The number of fused-ring (bicyclic) bond motifs is 4. The van der Waals surface area contributed by atoms with Crippen LogP contribution in [0.4, 0.5) is 0 Å². The van der Waals surface area contributed by atoms with E-state index >= 15 is 0 Å². The van der Waals surface area contributed by atoms with Crippen LogP contribution in [0.5, 0.6) is 23.0 Å². The van der Waals surface area contributed by atoms with E-state index in [1.165, 1.54) is 12.1 Å². The van der Waals surface area contributed by atoms with Gasteiger partial charge in [0.25, 0.3) is 0 Å². The van der Waals surface area contributed by atoms with Crippen LogP contribution < -0.4 is 0 Å². The topological polar surface area (TPSA) is 154 Å². The number of carbonyl (C=O) groups is 2. The molecule has 0 radical (unpaired) electrons. The van der Waals surface area contributed by atoms with Gasteiger partial charge in [0.2, 0.25) is 0 Å². The zero-order valence-corrected chi connectivity index (χ0v) is 30.0. The summed E-state index contributed by atoms with van der Waals surface area (Å²) in [7, 11) is 0. The Hall–Kier alpha value is -3.82. The molecule has 2 aromatic carbocycles. The Morgan fingerprint density at radius 3 is 1.40 bits per heavy atom. The molecule has 0 aromatic heterocycles. The van der Waals surface area contributed by atoms with Crippen molar-refractivity contribution in [2.75, 3.05) is 13.2 Å². The number of rotatable bonds is 16. The average molecular weight is 693 g/mol. The first-order valence-corrected chi connectivity index (χ1v) is 18.6. The Labute approximate surface area is 294 Å². The van der Waals surface area contributed by atoms with E-state index < -0.39 is 0 Å². The maximum Gasteiger partial charge on any atom is 0.477 e. The number of aromatic hydroxyl groups is 4. The van der Waals surface area contributed by atoms with Gasteiger partial charge in [0, 0.05) is 47.9 Å². The summed E-state index contributed by atoms with van der Waals surface area (Å²) in [6.07, 6.45) is 8.19. The summed E-state index contributed by atoms with van der Waals surface area (Å²) in [4.78, 5) is 48.0. The van der Waals surface area contributed by atoms with Gasteiger partial charge < -0.3 is 20.4 Å². The van der Waals surface area contributed by atoms with E-state index in [1.54, 1.807) is 12.1 Å². The molecular weight excluding hydrogens is 638 g/mol. The lowest BCUT2D eigenvalue weighted by Gasteiger charge is -2.59. The van der Waals surface area contributed by atoms with Crippen molar-refractivity contribution in [3.63, 3.8) is 0 Å². The number of Topliss-reactive ketones (excluding diaryl/α,β-unsaturated/α-hetero) is 2. The molecule has 6 saturated carbocycles. The van der Waals surface area contributed by atoms with E-state index in [0.29, 0.717) is 50.4 Å². The van der Waals surface area contributed by atoms with E-state index in [2.05, 4.69) is 27.7 Å². The zero-order valence-electron chi connectivity index (χ0n) is 30.0. The van der Waals surface area contributed by atoms with Crippen molar-refractivity contribution in [3.05, 3.63) is 51.4 Å². The number of phenolic OH excluding ortho intramolecular Hbond substituents is 4. The second-order valence-corrected chi connectivity index (χ2v) is 16.6. The second kappa shape index (κ2) is 14.1. The summed E-state index contributed by atoms with van der Waals surface area (Å²) in [6, 6.07) is 6.15. The minimum atomic E-state index is -0.0804. The average Bonchev–Trinajstić information content (AvgIpc) is 3.02. The van der Waals surface area contributed by atoms with E-state index in [0.717, 1.165) is 60.8 Å². The summed E-state index contributed by atoms with van der Waals surface area (Å²) >= 11 is 0. The monoisotopic (exact) mass is 692 g/mol. The first-order valence-electron chi connectivity index (χ1n) is 18.6. The maximum absolute atomic E-state index is 12.8. The number of carbonyl (C=O) groups excluding carboxylic acids is 2. The number of phenols is 4. The van der Waals surface area contributed by atoms with E-state index in [1.807, 2.05) is 0 Å². The molecule has 0 saturated heterocycles. The van der Waals surface area contributed by atoms with Crippen molar-refractivity contribution in [1.82, 2.24) is 0 Å². The SMILES string of the molecule is CC1(C)[C@H]2C[C@H]1[C@H](c1c(O)cc(O)cc1CCCCCO[N+](=O)OCCCCCc1cc(O)cc(O)c1[C@@H]1CC(=O)[C@@H]3C[C@@H]1C3(C)C)CC2=O. The molecule has 0 amide bonds. The predicted octanol–water partition coefficient (Wildman–Crippen LogP) is 7.71. The fourth-order valence-electron chi connectivity index (χ4n) is 10.1. The van der Waals surface area contributed by atoms with Gasteiger partial charge in [-0.25, -0.2) is 0 Å². The second-order valence-electron chi connectivity index (χ2n) is 16.6. The zero-order chi connectivity index (χ0) is 36.0. The highest BCUT2D eigenvalue weighted by molar-refractivity contribution is 5.86. The third-order valence-electron chi connectivity index (χ3n) is 13.1. The van der Waals surface area contributed by atoms with Gasteiger partial charge >= 0.3 is 5.09 Å². The third-order valence-corrected chi connectivity index (χ3v) is 13.1. The highest BCUT2D eigenvalue weighted by atomic mass is 17.0. The van der Waals surface area contributed by atoms with Crippen molar-refractivity contribution in [2.24, 2.45) is 34.5 Å². The van der Waals surface area contributed by atoms with Crippen molar-refractivity contribution in [3.8, 4) is 23.0 Å². The van der Waals surface area contributed by atoms with Crippen LogP contribution in [0, 0.1) is 39.4 Å². The summed E-state index contributed by atoms with van der Waals surface area (Å²) in [5.74, 6) is 1.45. The van der Waals surface area contributed by atoms with Gasteiger partial charge in [0.05, 0.1) is 0 Å². The molecule has 6 aliphatic rings. The first kappa shape index (κ1) is 36.0. The molecule has 8 rings (SSSR count). The summed E-state index contributed by atoms with van der Waals surface area (Å²) in [5, 5.41) is 42.2. The number of unbranched alkanes of at least 4 members (excludes halogenated alkanes) is 4. The van der Waals surface area contributed by atoms with Gasteiger partial charge in [-0.1, -0.05) is 27.7 Å². The maximum atomic E-state index is 12.8. The highest BCUT2D eigenvalue weighted by Crippen LogP contribution is 2.65. The number of hydrogen-bond donors (Lipinski definition) is 4. The molecule has 4 N–H and O–H groups in total. The molecular formula is C40H54NO9+. The molecule has 6 fully saturated rings. The molecule has 272 valence electrons. The molecule has 0 aliphatic heterocycles. The Morgan fingerprint density at radius 1 is 0.640 bits per heavy atom. The smallest absolute Gasteiger partial charge is 0.477 e. The Bertz CT molecular complexity index is 1510. The van der Waals surface area contributed by atoms with E-state index in [9.17, 15) is 34.9 Å². The first-order chi connectivity index (χ1) is 23.7. The summed E-state index contributed by atoms with van der Waals surface area (Å²) in [6.45, 7) is 8.96. The molecule has 10 nitrogen and oxygen atoms in total. The molecule has 0 unspecified atom stereocenters. The van der Waals surface area contributed by atoms with Crippen LogP contribution in [0.15, 0.2) is 24.3 Å². The normalized spacial score (nSPS) is 27.3. The molecule has 10 heteroatoms. The third kappa shape index (κ3) is 6.79. The highest BCUT2D eigenvalue weighted by Gasteiger charge is 2.60. The lowest BCUT2D eigenvalue weighted by molar-refractivity contribution is -0.981. The van der Waals surface area contributed by atoms with Gasteiger partial charge in [-0.2, -0.15) is 9.68 Å². The molecule has 6 atom stereocenters. The fraction of sp³-hybridized carbons (Fsp3) is 0.650. The molecule has 0 heterocycles. The van der Waals surface area contributed by atoms with Crippen LogP contribution in [0.25, 0.3) is 0 Å². The fourth-order valence-corrected chi connectivity index (χ4v) is 10.1. The van der Waals surface area contributed by atoms with Crippen LogP contribution in [0.2, 0.25) is 0 Å². The predicted molar refractivity (Wildman–Crippen MR) is 186 cm³/mol. The standard InChI is InChI=1S/C40H53NO9/c1-39(2)29-21-31(39)33(44)19-27(29)37-23(15-25(42)17-35(37)46)11-7-5-9-13-49-41(48)50-14-10-6-8-12-24-16-26(43)18-36(47)38(24)28-20-34(45)32-22-30(28)40(32,3)4/h15-18,27-32H,5-14,19-22H2,1-4H3,(H3-,42,43,46,47)/p+1/t27-,28-,29+,30+,31+,32+/m1/s1. The van der Waals surface area contributed by atoms with Gasteiger partial charge in [-0.05, 0) is 122 Å². The number of aryl methyl sites for hydroxylation is 2. The van der Waals surface area contributed by atoms with Crippen molar-refractivity contribution < 1.29 is 44.8 Å². The van der Waals surface area contributed by atoms with Crippen LogP contribution in [0.3, 0.4) is 0 Å². The molecule has 6 aliphatic carbocycles. The van der Waals surface area contributed by atoms with Crippen LogP contribution in [0.1, 0.15) is 126 Å². The minimum Gasteiger partial charge on any atom is -0.508 e. The molecule has 4 bridgehead atoms.